The Morgan fingerprint density at radius 3 is 2.77 bits per heavy atom. The van der Waals surface area contributed by atoms with Crippen molar-refractivity contribution < 1.29 is 24.5 Å². The number of likely N-dealkylation sites (tertiary alicyclic amines) is 1. The number of aromatic hydroxyl groups is 1. The van der Waals surface area contributed by atoms with Gasteiger partial charge in [0.2, 0.25) is 0 Å². The molecule has 1 aromatic carbocycles. The molecule has 35 heavy (non-hydrogen) atoms. The molecule has 1 spiro atoms. The van der Waals surface area contributed by atoms with Crippen LogP contribution in [0.2, 0.25) is 0 Å². The highest BCUT2D eigenvalue weighted by molar-refractivity contribution is 5.76. The predicted octanol–water partition coefficient (Wildman–Crippen LogP) is 3.27. The summed E-state index contributed by atoms with van der Waals surface area (Å²) in [6.07, 6.45) is 4.54. The van der Waals surface area contributed by atoms with Gasteiger partial charge in [-0.1, -0.05) is 20.3 Å². The van der Waals surface area contributed by atoms with Crippen LogP contribution in [-0.4, -0.2) is 64.5 Å². The van der Waals surface area contributed by atoms with Crippen molar-refractivity contribution in [2.24, 2.45) is 11.8 Å². The Bertz CT molecular complexity index is 1000. The number of benzene rings is 1. The summed E-state index contributed by atoms with van der Waals surface area (Å²) in [5.74, 6) is 0.996. The third-order valence-corrected chi connectivity index (χ3v) is 9.23. The zero-order valence-electron chi connectivity index (χ0n) is 22.1. The van der Waals surface area contributed by atoms with Crippen molar-refractivity contribution in [3.63, 3.8) is 0 Å². The number of carbonyl (C=O) groups is 1. The average Bonchev–Trinajstić information content (AvgIpc) is 3.15. The van der Waals surface area contributed by atoms with Crippen LogP contribution >= 0.6 is 0 Å². The van der Waals surface area contributed by atoms with Crippen LogP contribution in [0.1, 0.15) is 77.0 Å². The summed E-state index contributed by atoms with van der Waals surface area (Å²) in [6, 6.07) is 1.96. The smallest absolute Gasteiger partial charge is 0.323 e. The largest absolute Gasteiger partial charge is 0.504 e. The second-order valence-electron chi connectivity index (χ2n) is 12.3. The lowest BCUT2D eigenvalue weighted by Gasteiger charge is -2.59. The first-order valence-electron chi connectivity index (χ1n) is 13.4. The van der Waals surface area contributed by atoms with Gasteiger partial charge in [0.05, 0.1) is 6.61 Å². The second-order valence-corrected chi connectivity index (χ2v) is 12.3. The molecule has 0 aromatic heterocycles. The molecule has 2 aliphatic carbocycles. The van der Waals surface area contributed by atoms with E-state index < -0.39 is 11.6 Å². The summed E-state index contributed by atoms with van der Waals surface area (Å²) in [5, 5.41) is 24.7. The van der Waals surface area contributed by atoms with Crippen LogP contribution in [0.25, 0.3) is 0 Å². The van der Waals surface area contributed by atoms with Gasteiger partial charge < -0.3 is 24.6 Å². The van der Waals surface area contributed by atoms with Gasteiger partial charge in [0, 0.05) is 28.6 Å². The lowest BCUT2D eigenvalue weighted by Crippen LogP contribution is -2.69. The number of piperidine rings is 1. The number of esters is 1. The van der Waals surface area contributed by atoms with Gasteiger partial charge in [-0.25, -0.2) is 0 Å². The molecular formula is C28H42N2O5. The van der Waals surface area contributed by atoms with E-state index in [-0.39, 0.29) is 41.8 Å². The number of nitrogens with one attached hydrogen (secondary N) is 1. The molecule has 194 valence electrons. The SMILES string of the molecule is CCC(C)C(NC1CC[C@H]2[C@H]3Cc4cc(CO)c(O)c5c4[C@@]2(CCN3C)C1O5)C(=O)OC(C)(C)C. The van der Waals surface area contributed by atoms with E-state index in [1.807, 2.05) is 26.8 Å². The number of ether oxygens (including phenoxy) is 2. The quantitative estimate of drug-likeness (QED) is 0.532. The van der Waals surface area contributed by atoms with E-state index in [1.54, 1.807) is 0 Å². The maximum atomic E-state index is 13.3. The highest BCUT2D eigenvalue weighted by atomic mass is 16.6. The van der Waals surface area contributed by atoms with Gasteiger partial charge >= 0.3 is 5.97 Å². The molecule has 4 aliphatic rings. The summed E-state index contributed by atoms with van der Waals surface area (Å²) >= 11 is 0. The first-order valence-corrected chi connectivity index (χ1v) is 13.4. The summed E-state index contributed by atoms with van der Waals surface area (Å²) < 4.78 is 12.5. The van der Waals surface area contributed by atoms with Gasteiger partial charge in [-0.15, -0.1) is 0 Å². The van der Waals surface area contributed by atoms with Crippen molar-refractivity contribution in [2.75, 3.05) is 13.6 Å². The minimum Gasteiger partial charge on any atom is -0.504 e. The molecule has 5 rings (SSSR count). The van der Waals surface area contributed by atoms with Crippen molar-refractivity contribution in [1.82, 2.24) is 10.2 Å². The number of carbonyl (C=O) groups excluding carboxylic acids is 1. The Hall–Kier alpha value is -1.83. The van der Waals surface area contributed by atoms with Crippen molar-refractivity contribution in [2.45, 2.75) is 109 Å². The van der Waals surface area contributed by atoms with Gasteiger partial charge in [-0.2, -0.15) is 0 Å². The molecule has 1 saturated carbocycles. The van der Waals surface area contributed by atoms with E-state index in [9.17, 15) is 15.0 Å². The van der Waals surface area contributed by atoms with Crippen LogP contribution in [-0.2, 0) is 28.0 Å². The summed E-state index contributed by atoms with van der Waals surface area (Å²) in [5.41, 5.74) is 2.16. The molecule has 2 heterocycles. The monoisotopic (exact) mass is 486 g/mol. The molecule has 2 bridgehead atoms. The van der Waals surface area contributed by atoms with Crippen molar-refractivity contribution in [1.29, 1.82) is 0 Å². The van der Waals surface area contributed by atoms with E-state index in [0.717, 1.165) is 44.2 Å². The topological polar surface area (TPSA) is 91.3 Å². The van der Waals surface area contributed by atoms with Crippen molar-refractivity contribution >= 4 is 5.97 Å². The van der Waals surface area contributed by atoms with Crippen LogP contribution in [0, 0.1) is 11.8 Å². The maximum absolute atomic E-state index is 13.3. The molecule has 1 aromatic rings. The van der Waals surface area contributed by atoms with Crippen molar-refractivity contribution in [3.05, 3.63) is 22.8 Å². The van der Waals surface area contributed by atoms with Gasteiger partial charge in [0.15, 0.2) is 11.5 Å². The number of hydrogen-bond acceptors (Lipinski definition) is 7. The molecule has 2 fully saturated rings. The van der Waals surface area contributed by atoms with Crippen LogP contribution in [0.3, 0.4) is 0 Å². The average molecular weight is 487 g/mol. The molecule has 7 nitrogen and oxygen atoms in total. The number of likely N-dealkylation sites (N-methyl/N-ethyl adjacent to an activating group) is 1. The van der Waals surface area contributed by atoms with Crippen molar-refractivity contribution in [3.8, 4) is 11.5 Å². The number of nitrogens with zero attached hydrogens (tertiary/aromatic N) is 1. The summed E-state index contributed by atoms with van der Waals surface area (Å²) in [4.78, 5) is 15.7. The van der Waals surface area contributed by atoms with Crippen LogP contribution in [0.5, 0.6) is 11.5 Å². The number of aliphatic hydroxyl groups is 1. The van der Waals surface area contributed by atoms with Gasteiger partial charge in [-0.3, -0.25) is 10.1 Å². The number of rotatable bonds is 6. The fraction of sp³-hybridized carbons (Fsp3) is 0.750. The molecule has 7 heteroatoms. The number of aliphatic hydroxyl groups excluding tert-OH is 1. The van der Waals surface area contributed by atoms with Gasteiger partial charge in [-0.05, 0) is 83.5 Å². The summed E-state index contributed by atoms with van der Waals surface area (Å²) in [7, 11) is 2.22. The lowest BCUT2D eigenvalue weighted by molar-refractivity contribution is -0.160. The second kappa shape index (κ2) is 8.63. The Labute approximate surface area is 209 Å². The van der Waals surface area contributed by atoms with E-state index in [4.69, 9.17) is 9.47 Å². The highest BCUT2D eigenvalue weighted by Crippen LogP contribution is 2.64. The Morgan fingerprint density at radius 2 is 2.11 bits per heavy atom. The third-order valence-electron chi connectivity index (χ3n) is 9.23. The summed E-state index contributed by atoms with van der Waals surface area (Å²) in [6.45, 7) is 10.7. The van der Waals surface area contributed by atoms with E-state index in [2.05, 4.69) is 31.1 Å². The zero-order chi connectivity index (χ0) is 25.3. The first kappa shape index (κ1) is 24.8. The minimum atomic E-state index is -0.549. The maximum Gasteiger partial charge on any atom is 0.323 e. The fourth-order valence-corrected chi connectivity index (χ4v) is 7.46. The van der Waals surface area contributed by atoms with Crippen LogP contribution in [0.4, 0.5) is 0 Å². The molecule has 7 atom stereocenters. The molecule has 2 aliphatic heterocycles. The first-order chi connectivity index (χ1) is 16.5. The Morgan fingerprint density at radius 1 is 1.37 bits per heavy atom. The highest BCUT2D eigenvalue weighted by Gasteiger charge is 2.65. The Kier molecular flexibility index (Phi) is 6.13. The third kappa shape index (κ3) is 3.77. The predicted molar refractivity (Wildman–Crippen MR) is 134 cm³/mol. The number of phenols is 1. The molecule has 0 amide bonds. The van der Waals surface area contributed by atoms with E-state index in [1.165, 1.54) is 5.56 Å². The Balaban J connectivity index is 1.54. The zero-order valence-corrected chi connectivity index (χ0v) is 22.1. The molecular weight excluding hydrogens is 444 g/mol. The van der Waals surface area contributed by atoms with E-state index >= 15 is 0 Å². The normalized spacial score (nSPS) is 33.0. The minimum absolute atomic E-state index is 0.0304. The lowest BCUT2D eigenvalue weighted by atomic mass is 9.51. The fourth-order valence-electron chi connectivity index (χ4n) is 7.46. The molecule has 4 unspecified atom stereocenters. The van der Waals surface area contributed by atoms with Gasteiger partial charge in [0.1, 0.15) is 17.7 Å². The van der Waals surface area contributed by atoms with Crippen LogP contribution in [0.15, 0.2) is 6.07 Å². The van der Waals surface area contributed by atoms with Gasteiger partial charge in [0.25, 0.3) is 0 Å². The molecule has 1 saturated heterocycles. The van der Waals surface area contributed by atoms with Crippen LogP contribution < -0.4 is 10.1 Å². The molecule has 3 N–H and O–H groups in total. The number of hydrogen-bond donors (Lipinski definition) is 3. The molecule has 0 radical (unpaired) electrons. The van der Waals surface area contributed by atoms with E-state index in [0.29, 0.717) is 23.3 Å². The standard InChI is InChI=1S/C28H42N2O5/c1-7-15(2)22(26(33)35-27(3,4)5)29-19-9-8-18-20-13-16-12-17(14-31)23(32)24-21(16)28(18,25(19)34-24)10-11-30(20)6/h12,15,18-20,22,25,29,31-32H,7-11,13-14H2,1-6H3/t15?,18-,19?,20+,22?,25?,28-/m0/s1.